The van der Waals surface area contributed by atoms with Crippen LogP contribution in [-0.2, 0) is 0 Å². The Bertz CT molecular complexity index is 695. The molecule has 0 fully saturated rings. The van der Waals surface area contributed by atoms with E-state index in [0.29, 0.717) is 11.1 Å². The van der Waals surface area contributed by atoms with Gasteiger partial charge >= 0.3 is 0 Å². The van der Waals surface area contributed by atoms with Crippen LogP contribution in [0.3, 0.4) is 0 Å². The second-order valence-corrected chi connectivity index (χ2v) is 4.72. The van der Waals surface area contributed by atoms with E-state index < -0.39 is 15.8 Å². The Kier molecular flexibility index (Phi) is 3.93. The van der Waals surface area contributed by atoms with Gasteiger partial charge in [0.2, 0.25) is 0 Å². The van der Waals surface area contributed by atoms with Crippen LogP contribution in [0.15, 0.2) is 36.4 Å². The molecule has 0 aromatic heterocycles. The Morgan fingerprint density at radius 1 is 0.864 bits per heavy atom. The highest BCUT2D eigenvalue weighted by atomic mass is 16.6. The number of hydrogen-bond acceptors (Lipinski definition) is 6. The quantitative estimate of drug-likeness (QED) is 0.660. The third-order valence-corrected chi connectivity index (χ3v) is 3.38. The number of phenols is 2. The summed E-state index contributed by atoms with van der Waals surface area (Å²) >= 11 is 0. The van der Waals surface area contributed by atoms with Crippen molar-refractivity contribution >= 4 is 11.4 Å². The van der Waals surface area contributed by atoms with Crippen LogP contribution in [0.1, 0.15) is 24.0 Å². The van der Waals surface area contributed by atoms with E-state index in [0.717, 1.165) is 12.1 Å². The molecule has 114 valence electrons. The van der Waals surface area contributed by atoms with E-state index in [-0.39, 0.29) is 22.9 Å². The molecule has 2 N–H and O–H groups in total. The third-order valence-electron chi connectivity index (χ3n) is 3.38. The zero-order valence-corrected chi connectivity index (χ0v) is 11.5. The predicted molar refractivity (Wildman–Crippen MR) is 77.0 cm³/mol. The number of non-ortho nitro benzene ring substituents is 2. The van der Waals surface area contributed by atoms with Crippen LogP contribution in [0.4, 0.5) is 11.4 Å². The summed E-state index contributed by atoms with van der Waals surface area (Å²) in [5, 5.41) is 41.1. The van der Waals surface area contributed by atoms with Gasteiger partial charge in [-0.3, -0.25) is 20.2 Å². The summed E-state index contributed by atoms with van der Waals surface area (Å²) in [7, 11) is 0. The van der Waals surface area contributed by atoms with Crippen LogP contribution in [0.2, 0.25) is 0 Å². The summed E-state index contributed by atoms with van der Waals surface area (Å²) in [5.74, 6) is -1.06. The van der Waals surface area contributed by atoms with Crippen molar-refractivity contribution in [2.75, 3.05) is 0 Å². The minimum Gasteiger partial charge on any atom is -0.507 e. The Morgan fingerprint density at radius 3 is 1.50 bits per heavy atom. The first-order valence-corrected chi connectivity index (χ1v) is 6.26. The summed E-state index contributed by atoms with van der Waals surface area (Å²) in [6.07, 6.45) is 0. The van der Waals surface area contributed by atoms with E-state index in [2.05, 4.69) is 0 Å². The minimum absolute atomic E-state index is 0.249. The molecule has 0 aliphatic heterocycles. The van der Waals surface area contributed by atoms with Gasteiger partial charge in [-0.05, 0) is 12.1 Å². The van der Waals surface area contributed by atoms with E-state index in [1.165, 1.54) is 24.3 Å². The number of rotatable bonds is 4. The SMILES string of the molecule is CC(c1ccc([N+](=O)[O-])cc1O)c1ccc([N+](=O)[O-])cc1O. The third kappa shape index (κ3) is 2.80. The molecule has 0 unspecified atom stereocenters. The highest BCUT2D eigenvalue weighted by Gasteiger charge is 2.20. The monoisotopic (exact) mass is 304 g/mol. The molecule has 0 atom stereocenters. The van der Waals surface area contributed by atoms with E-state index in [9.17, 15) is 30.4 Å². The van der Waals surface area contributed by atoms with Crippen molar-refractivity contribution in [3.8, 4) is 11.5 Å². The fourth-order valence-corrected chi connectivity index (χ4v) is 2.19. The van der Waals surface area contributed by atoms with Gasteiger partial charge in [0.1, 0.15) is 11.5 Å². The maximum atomic E-state index is 10.7. The molecule has 0 radical (unpaired) electrons. The standard InChI is InChI=1S/C14H12N2O6/c1-8(11-4-2-9(15(19)20)6-13(11)17)12-5-3-10(16(21)22)7-14(12)18/h2-8,17-18H,1H3. The molecule has 0 saturated carbocycles. The van der Waals surface area contributed by atoms with Gasteiger partial charge in [-0.25, -0.2) is 0 Å². The molecule has 0 spiro atoms. The fraction of sp³-hybridized carbons (Fsp3) is 0.143. The van der Waals surface area contributed by atoms with E-state index in [1.54, 1.807) is 6.92 Å². The van der Waals surface area contributed by atoms with E-state index in [1.807, 2.05) is 0 Å². The lowest BCUT2D eigenvalue weighted by Gasteiger charge is -2.15. The molecule has 2 rings (SSSR count). The minimum atomic E-state index is -0.627. The van der Waals surface area contributed by atoms with Gasteiger partial charge in [-0.1, -0.05) is 6.92 Å². The smallest absolute Gasteiger partial charge is 0.273 e. The van der Waals surface area contributed by atoms with Gasteiger partial charge in [0, 0.05) is 29.2 Å². The summed E-state index contributed by atoms with van der Waals surface area (Å²) in [6, 6.07) is 7.31. The van der Waals surface area contributed by atoms with Crippen molar-refractivity contribution in [1.82, 2.24) is 0 Å². The lowest BCUT2D eigenvalue weighted by atomic mass is 9.91. The van der Waals surface area contributed by atoms with Crippen LogP contribution < -0.4 is 0 Å². The number of nitro benzene ring substituents is 2. The second kappa shape index (κ2) is 5.68. The molecular weight excluding hydrogens is 292 g/mol. The zero-order valence-electron chi connectivity index (χ0n) is 11.5. The van der Waals surface area contributed by atoms with Crippen molar-refractivity contribution in [3.63, 3.8) is 0 Å². The molecule has 0 saturated heterocycles. The molecule has 2 aromatic rings. The molecule has 0 aliphatic carbocycles. The molecule has 0 amide bonds. The zero-order chi connectivity index (χ0) is 16.4. The summed E-state index contributed by atoms with van der Waals surface area (Å²) in [4.78, 5) is 20.0. The first-order valence-electron chi connectivity index (χ1n) is 6.26. The van der Waals surface area contributed by atoms with Gasteiger partial charge < -0.3 is 10.2 Å². The van der Waals surface area contributed by atoms with Gasteiger partial charge in [-0.2, -0.15) is 0 Å². The first kappa shape index (κ1) is 15.2. The van der Waals surface area contributed by atoms with E-state index >= 15 is 0 Å². The number of benzene rings is 2. The van der Waals surface area contributed by atoms with Crippen molar-refractivity contribution < 1.29 is 20.1 Å². The molecule has 0 bridgehead atoms. The normalized spacial score (nSPS) is 10.6. The number of aromatic hydroxyl groups is 2. The average Bonchev–Trinajstić information content (AvgIpc) is 2.46. The van der Waals surface area contributed by atoms with Gasteiger partial charge in [-0.15, -0.1) is 0 Å². The van der Waals surface area contributed by atoms with Crippen molar-refractivity contribution in [1.29, 1.82) is 0 Å². The van der Waals surface area contributed by atoms with Gasteiger partial charge in [0.25, 0.3) is 11.4 Å². The topological polar surface area (TPSA) is 127 Å². The molecule has 2 aromatic carbocycles. The molecule has 22 heavy (non-hydrogen) atoms. The molecule has 0 heterocycles. The van der Waals surface area contributed by atoms with Crippen LogP contribution in [0.5, 0.6) is 11.5 Å². The highest BCUT2D eigenvalue weighted by molar-refractivity contribution is 5.52. The summed E-state index contributed by atoms with van der Waals surface area (Å²) < 4.78 is 0. The van der Waals surface area contributed by atoms with Gasteiger partial charge in [0.15, 0.2) is 0 Å². The molecular formula is C14H12N2O6. The number of nitro groups is 2. The number of phenolic OH excluding ortho intramolecular Hbond substituents is 2. The highest BCUT2D eigenvalue weighted by Crippen LogP contribution is 2.38. The lowest BCUT2D eigenvalue weighted by Crippen LogP contribution is -1.99. The molecule has 0 aliphatic rings. The number of nitrogens with zero attached hydrogens (tertiary/aromatic N) is 2. The van der Waals surface area contributed by atoms with Crippen LogP contribution in [0, 0.1) is 20.2 Å². The Morgan fingerprint density at radius 2 is 1.23 bits per heavy atom. The van der Waals surface area contributed by atoms with Crippen LogP contribution in [0.25, 0.3) is 0 Å². The van der Waals surface area contributed by atoms with E-state index in [4.69, 9.17) is 0 Å². The second-order valence-electron chi connectivity index (χ2n) is 4.72. The Balaban J connectivity index is 2.42. The largest absolute Gasteiger partial charge is 0.507 e. The maximum Gasteiger partial charge on any atom is 0.273 e. The lowest BCUT2D eigenvalue weighted by molar-refractivity contribution is -0.385. The Labute approximate surface area is 124 Å². The molecule has 8 heteroatoms. The van der Waals surface area contributed by atoms with Crippen LogP contribution >= 0.6 is 0 Å². The van der Waals surface area contributed by atoms with Crippen molar-refractivity contribution in [2.45, 2.75) is 12.8 Å². The molecule has 8 nitrogen and oxygen atoms in total. The van der Waals surface area contributed by atoms with Crippen molar-refractivity contribution in [2.24, 2.45) is 0 Å². The number of hydrogen-bond donors (Lipinski definition) is 2. The van der Waals surface area contributed by atoms with Gasteiger partial charge in [0.05, 0.1) is 22.0 Å². The average molecular weight is 304 g/mol. The fourth-order valence-electron chi connectivity index (χ4n) is 2.19. The predicted octanol–water partition coefficient (Wildman–Crippen LogP) is 3.07. The first-order chi connectivity index (χ1) is 10.3. The summed E-state index contributed by atoms with van der Waals surface area (Å²) in [6.45, 7) is 1.67. The summed E-state index contributed by atoms with van der Waals surface area (Å²) in [5.41, 5.74) is 0.243. The van der Waals surface area contributed by atoms with Crippen LogP contribution in [-0.4, -0.2) is 20.1 Å². The maximum absolute atomic E-state index is 10.7. The Hall–Kier alpha value is -3.16. The van der Waals surface area contributed by atoms with Crippen molar-refractivity contribution in [3.05, 3.63) is 67.8 Å².